The lowest BCUT2D eigenvalue weighted by molar-refractivity contribution is 0.0951. The predicted molar refractivity (Wildman–Crippen MR) is 92.3 cm³/mol. The molecule has 1 N–H and O–H groups in total. The van der Waals surface area contributed by atoms with E-state index in [-0.39, 0.29) is 11.1 Å². The Balaban J connectivity index is 2.23. The summed E-state index contributed by atoms with van der Waals surface area (Å²) in [6.07, 6.45) is 1.32. The standard InChI is InChI=1S/C18H16FN3O4/c1-24-12-7-16(25-2)14(17(8-12)26-3)10-21-22-18(23)13-5-4-11(9-20)6-15(13)19/h4-8,10H,1-3H3,(H,22,23)/b21-10-. The van der Waals surface area contributed by atoms with Crippen LogP contribution in [-0.2, 0) is 0 Å². The minimum absolute atomic E-state index is 0.121. The third-order valence-corrected chi connectivity index (χ3v) is 3.46. The summed E-state index contributed by atoms with van der Waals surface area (Å²) in [5, 5.41) is 12.5. The largest absolute Gasteiger partial charge is 0.496 e. The van der Waals surface area contributed by atoms with Gasteiger partial charge in [0.15, 0.2) is 0 Å². The third-order valence-electron chi connectivity index (χ3n) is 3.46. The van der Waals surface area contributed by atoms with Crippen LogP contribution in [0.2, 0.25) is 0 Å². The van der Waals surface area contributed by atoms with E-state index in [1.807, 2.05) is 0 Å². The zero-order valence-electron chi connectivity index (χ0n) is 14.4. The summed E-state index contributed by atoms with van der Waals surface area (Å²) in [6.45, 7) is 0. The molecule has 8 heteroatoms. The fraction of sp³-hybridized carbons (Fsp3) is 0.167. The van der Waals surface area contributed by atoms with Crippen LogP contribution in [0.5, 0.6) is 17.2 Å². The van der Waals surface area contributed by atoms with E-state index in [0.717, 1.165) is 6.07 Å². The molecule has 2 aromatic rings. The number of hydrogen-bond donors (Lipinski definition) is 1. The number of amides is 1. The van der Waals surface area contributed by atoms with Gasteiger partial charge in [-0.2, -0.15) is 10.4 Å². The molecule has 0 heterocycles. The van der Waals surface area contributed by atoms with Gasteiger partial charge in [-0.3, -0.25) is 4.79 Å². The fourth-order valence-electron chi connectivity index (χ4n) is 2.14. The van der Waals surface area contributed by atoms with Gasteiger partial charge >= 0.3 is 0 Å². The number of nitriles is 1. The van der Waals surface area contributed by atoms with E-state index in [4.69, 9.17) is 19.5 Å². The molecule has 0 spiro atoms. The molecule has 0 saturated carbocycles. The second-order valence-electron chi connectivity index (χ2n) is 4.95. The van der Waals surface area contributed by atoms with Crippen molar-refractivity contribution in [1.82, 2.24) is 5.43 Å². The van der Waals surface area contributed by atoms with Gasteiger partial charge in [0.25, 0.3) is 5.91 Å². The van der Waals surface area contributed by atoms with Crippen LogP contribution in [0.4, 0.5) is 4.39 Å². The van der Waals surface area contributed by atoms with E-state index >= 15 is 0 Å². The van der Waals surface area contributed by atoms with Gasteiger partial charge in [-0.05, 0) is 18.2 Å². The minimum Gasteiger partial charge on any atom is -0.496 e. The summed E-state index contributed by atoms with van der Waals surface area (Å²) in [6, 6.07) is 8.60. The van der Waals surface area contributed by atoms with Crippen LogP contribution in [-0.4, -0.2) is 33.5 Å². The number of nitrogens with zero attached hydrogens (tertiary/aromatic N) is 2. The smallest absolute Gasteiger partial charge is 0.274 e. The number of benzene rings is 2. The first-order valence-corrected chi connectivity index (χ1v) is 7.37. The lowest BCUT2D eigenvalue weighted by atomic mass is 10.1. The van der Waals surface area contributed by atoms with E-state index in [1.54, 1.807) is 18.2 Å². The Morgan fingerprint density at radius 2 is 1.81 bits per heavy atom. The highest BCUT2D eigenvalue weighted by atomic mass is 19.1. The molecule has 0 atom stereocenters. The van der Waals surface area contributed by atoms with E-state index in [0.29, 0.717) is 22.8 Å². The van der Waals surface area contributed by atoms with Crippen LogP contribution >= 0.6 is 0 Å². The zero-order valence-corrected chi connectivity index (χ0v) is 14.4. The fourth-order valence-corrected chi connectivity index (χ4v) is 2.14. The van der Waals surface area contributed by atoms with Crippen molar-refractivity contribution in [2.24, 2.45) is 5.10 Å². The Labute approximate surface area is 149 Å². The Hall–Kier alpha value is -3.60. The van der Waals surface area contributed by atoms with Crippen molar-refractivity contribution in [3.8, 4) is 23.3 Å². The lowest BCUT2D eigenvalue weighted by Gasteiger charge is -2.12. The number of hydrogen-bond acceptors (Lipinski definition) is 6. The summed E-state index contributed by atoms with van der Waals surface area (Å²) in [5.74, 6) is -0.196. The van der Waals surface area contributed by atoms with Gasteiger partial charge in [0.05, 0.1) is 50.3 Å². The van der Waals surface area contributed by atoms with Crippen LogP contribution in [0.3, 0.4) is 0 Å². The maximum absolute atomic E-state index is 13.8. The van der Waals surface area contributed by atoms with Gasteiger partial charge in [0.2, 0.25) is 0 Å². The van der Waals surface area contributed by atoms with Gasteiger partial charge < -0.3 is 14.2 Å². The van der Waals surface area contributed by atoms with Gasteiger partial charge in [-0.25, -0.2) is 9.82 Å². The molecule has 0 radical (unpaired) electrons. The number of nitrogens with one attached hydrogen (secondary N) is 1. The second kappa shape index (κ2) is 8.48. The Bertz CT molecular complexity index is 865. The summed E-state index contributed by atoms with van der Waals surface area (Å²) in [5.41, 5.74) is 2.58. The molecule has 0 fully saturated rings. The van der Waals surface area contributed by atoms with Gasteiger partial charge in [-0.1, -0.05) is 0 Å². The van der Waals surface area contributed by atoms with Crippen LogP contribution in [0.25, 0.3) is 0 Å². The zero-order chi connectivity index (χ0) is 19.1. The maximum Gasteiger partial charge on any atom is 0.274 e. The molecule has 0 bridgehead atoms. The molecule has 2 aromatic carbocycles. The molecule has 0 aliphatic rings. The van der Waals surface area contributed by atoms with Crippen molar-refractivity contribution in [1.29, 1.82) is 5.26 Å². The van der Waals surface area contributed by atoms with Crippen LogP contribution in [0, 0.1) is 17.1 Å². The van der Waals surface area contributed by atoms with Crippen molar-refractivity contribution < 1.29 is 23.4 Å². The number of hydrazone groups is 1. The quantitative estimate of drug-likeness (QED) is 0.633. The summed E-state index contributed by atoms with van der Waals surface area (Å²) in [7, 11) is 4.45. The summed E-state index contributed by atoms with van der Waals surface area (Å²) >= 11 is 0. The molecule has 26 heavy (non-hydrogen) atoms. The predicted octanol–water partition coefficient (Wildman–Crippen LogP) is 2.49. The van der Waals surface area contributed by atoms with Crippen molar-refractivity contribution in [3.05, 3.63) is 52.8 Å². The molecule has 2 rings (SSSR count). The number of carbonyl (C=O) groups excluding carboxylic acids is 1. The highest BCUT2D eigenvalue weighted by Crippen LogP contribution is 2.32. The Morgan fingerprint density at radius 1 is 1.15 bits per heavy atom. The molecule has 0 saturated heterocycles. The SMILES string of the molecule is COc1cc(OC)c(/C=N\NC(=O)c2ccc(C#N)cc2F)c(OC)c1. The molecule has 0 aromatic heterocycles. The number of carbonyl (C=O) groups is 1. The molecular formula is C18H16FN3O4. The van der Waals surface area contributed by atoms with E-state index in [2.05, 4.69) is 10.5 Å². The highest BCUT2D eigenvalue weighted by Gasteiger charge is 2.13. The van der Waals surface area contributed by atoms with Crippen molar-refractivity contribution >= 4 is 12.1 Å². The normalized spacial score (nSPS) is 10.3. The molecule has 134 valence electrons. The minimum atomic E-state index is -0.809. The average Bonchev–Trinajstić information content (AvgIpc) is 2.67. The maximum atomic E-state index is 13.8. The first kappa shape index (κ1) is 18.7. The van der Waals surface area contributed by atoms with E-state index in [1.165, 1.54) is 39.7 Å². The highest BCUT2D eigenvalue weighted by molar-refractivity contribution is 5.96. The first-order chi connectivity index (χ1) is 12.5. The lowest BCUT2D eigenvalue weighted by Crippen LogP contribution is -2.19. The molecule has 0 aliphatic heterocycles. The number of ether oxygens (including phenoxy) is 3. The van der Waals surface area contributed by atoms with Crippen LogP contribution in [0.15, 0.2) is 35.4 Å². The summed E-state index contributed by atoms with van der Waals surface area (Å²) < 4.78 is 29.5. The monoisotopic (exact) mass is 357 g/mol. The Kier molecular flexibility index (Phi) is 6.11. The van der Waals surface area contributed by atoms with E-state index < -0.39 is 11.7 Å². The molecule has 0 unspecified atom stereocenters. The second-order valence-corrected chi connectivity index (χ2v) is 4.95. The van der Waals surface area contributed by atoms with Gasteiger partial charge in [0.1, 0.15) is 23.1 Å². The number of methoxy groups -OCH3 is 3. The first-order valence-electron chi connectivity index (χ1n) is 7.37. The molecule has 7 nitrogen and oxygen atoms in total. The third kappa shape index (κ3) is 4.08. The van der Waals surface area contributed by atoms with Gasteiger partial charge in [0, 0.05) is 12.1 Å². The topological polar surface area (TPSA) is 92.9 Å². The van der Waals surface area contributed by atoms with Gasteiger partial charge in [-0.15, -0.1) is 0 Å². The van der Waals surface area contributed by atoms with Crippen molar-refractivity contribution in [3.63, 3.8) is 0 Å². The van der Waals surface area contributed by atoms with E-state index in [9.17, 15) is 9.18 Å². The average molecular weight is 357 g/mol. The molecule has 0 aliphatic carbocycles. The molecular weight excluding hydrogens is 341 g/mol. The van der Waals surface area contributed by atoms with Crippen molar-refractivity contribution in [2.75, 3.05) is 21.3 Å². The van der Waals surface area contributed by atoms with Crippen LogP contribution in [0.1, 0.15) is 21.5 Å². The molecule has 1 amide bonds. The Morgan fingerprint density at radius 3 is 2.31 bits per heavy atom. The summed E-state index contributed by atoms with van der Waals surface area (Å²) in [4.78, 5) is 12.0. The number of halogens is 1. The van der Waals surface area contributed by atoms with Crippen LogP contribution < -0.4 is 19.6 Å². The van der Waals surface area contributed by atoms with Crippen molar-refractivity contribution in [2.45, 2.75) is 0 Å². The number of rotatable bonds is 6.